The number of ether oxygens (including phenoxy) is 1. The van der Waals surface area contributed by atoms with E-state index in [1.807, 2.05) is 0 Å². The van der Waals surface area contributed by atoms with Crippen LogP contribution >= 0.6 is 0 Å². The summed E-state index contributed by atoms with van der Waals surface area (Å²) in [7, 11) is 0. The smallest absolute Gasteiger partial charge is 0.305 e. The van der Waals surface area contributed by atoms with Gasteiger partial charge in [-0.15, -0.1) is 0 Å². The number of carbonyl (C=O) groups is 3. The zero-order valence-corrected chi connectivity index (χ0v) is 18.3. The number of carboxylic acid groups (broad SMARTS) is 1. The lowest BCUT2D eigenvalue weighted by Gasteiger charge is -2.22. The number of aliphatic carboxylic acids is 1. The van der Waals surface area contributed by atoms with Crippen molar-refractivity contribution in [3.8, 4) is 5.75 Å². The third kappa shape index (κ3) is 5.65. The lowest BCUT2D eigenvalue weighted by Crippen LogP contribution is -2.48. The summed E-state index contributed by atoms with van der Waals surface area (Å²) < 4.78 is 46.7. The third-order valence-electron chi connectivity index (χ3n) is 5.16. The van der Waals surface area contributed by atoms with E-state index in [4.69, 9.17) is 9.84 Å². The highest BCUT2D eigenvalue weighted by atomic mass is 19.2. The number of nitrogens with one attached hydrogen (secondary N) is 1. The van der Waals surface area contributed by atoms with Crippen LogP contribution in [0.5, 0.6) is 5.75 Å². The molecule has 35 heavy (non-hydrogen) atoms. The predicted octanol–water partition coefficient (Wildman–Crippen LogP) is 2.37. The molecule has 2 aromatic carbocycles. The lowest BCUT2D eigenvalue weighted by atomic mass is 10.1. The standard InChI is InChI=1S/C23H20F3N3O6/c1-2-17(29-11-27-15-6-4-3-5-12(15)23(29)34)22(33)28-16(9-19(31)32)18(30)10-35-21-14(25)8-7-13(24)20(21)26/h3-8,11,16-17H,2,9-10H2,1H3,(H,28,33)(H,31,32)/t16-,17?/m0/s1. The second-order valence-corrected chi connectivity index (χ2v) is 7.48. The summed E-state index contributed by atoms with van der Waals surface area (Å²) in [6, 6.07) is 4.80. The summed E-state index contributed by atoms with van der Waals surface area (Å²) in [4.78, 5) is 53.7. The molecule has 184 valence electrons. The first-order chi connectivity index (χ1) is 16.6. The Morgan fingerprint density at radius 3 is 2.49 bits per heavy atom. The number of amides is 1. The Hall–Kier alpha value is -4.22. The normalized spacial score (nSPS) is 12.7. The molecule has 0 bridgehead atoms. The number of carboxylic acids is 1. The highest BCUT2D eigenvalue weighted by Gasteiger charge is 2.29. The Bertz CT molecular complexity index is 1340. The topological polar surface area (TPSA) is 128 Å². The average molecular weight is 491 g/mol. The van der Waals surface area contributed by atoms with Gasteiger partial charge in [-0.25, -0.2) is 13.8 Å². The summed E-state index contributed by atoms with van der Waals surface area (Å²) in [5.41, 5.74) is -0.101. The van der Waals surface area contributed by atoms with Crippen LogP contribution in [0.3, 0.4) is 0 Å². The second kappa shape index (κ2) is 10.8. The first kappa shape index (κ1) is 25.4. The van der Waals surface area contributed by atoms with Crippen molar-refractivity contribution in [3.63, 3.8) is 0 Å². The number of para-hydroxylation sites is 1. The molecule has 1 heterocycles. The lowest BCUT2D eigenvalue weighted by molar-refractivity contribution is -0.140. The molecule has 2 N–H and O–H groups in total. The van der Waals surface area contributed by atoms with Crippen LogP contribution in [-0.4, -0.2) is 45.0 Å². The molecule has 1 amide bonds. The van der Waals surface area contributed by atoms with Crippen molar-refractivity contribution in [2.45, 2.75) is 31.8 Å². The van der Waals surface area contributed by atoms with E-state index in [2.05, 4.69) is 10.3 Å². The quantitative estimate of drug-likeness (QED) is 0.417. The minimum Gasteiger partial charge on any atom is -0.481 e. The molecule has 2 atom stereocenters. The van der Waals surface area contributed by atoms with Crippen LogP contribution in [0, 0.1) is 17.5 Å². The van der Waals surface area contributed by atoms with Crippen molar-refractivity contribution in [3.05, 3.63) is 70.5 Å². The minimum atomic E-state index is -1.66. The number of carbonyl (C=O) groups excluding carboxylic acids is 2. The van der Waals surface area contributed by atoms with E-state index in [1.54, 1.807) is 25.1 Å². The molecule has 12 heteroatoms. The Morgan fingerprint density at radius 2 is 1.80 bits per heavy atom. The Labute approximate surface area is 196 Å². The molecule has 0 aliphatic rings. The molecule has 0 aliphatic carbocycles. The molecule has 0 spiro atoms. The van der Waals surface area contributed by atoms with Crippen LogP contribution < -0.4 is 15.6 Å². The maximum atomic E-state index is 13.8. The maximum Gasteiger partial charge on any atom is 0.305 e. The molecule has 3 aromatic rings. The van der Waals surface area contributed by atoms with Gasteiger partial charge in [-0.1, -0.05) is 19.1 Å². The van der Waals surface area contributed by atoms with Gasteiger partial charge in [0.05, 0.1) is 23.7 Å². The number of Topliss-reactive ketones (excluding diaryl/α,β-unsaturated/α-hetero) is 1. The van der Waals surface area contributed by atoms with Gasteiger partial charge < -0.3 is 15.2 Å². The fourth-order valence-electron chi connectivity index (χ4n) is 3.39. The average Bonchev–Trinajstić information content (AvgIpc) is 2.82. The van der Waals surface area contributed by atoms with Gasteiger partial charge >= 0.3 is 5.97 Å². The number of nitrogens with zero attached hydrogens (tertiary/aromatic N) is 2. The van der Waals surface area contributed by atoms with Crippen LogP contribution in [0.2, 0.25) is 0 Å². The third-order valence-corrected chi connectivity index (χ3v) is 5.16. The predicted molar refractivity (Wildman–Crippen MR) is 116 cm³/mol. The number of fused-ring (bicyclic) bond motifs is 1. The van der Waals surface area contributed by atoms with Crippen molar-refractivity contribution in [1.29, 1.82) is 0 Å². The van der Waals surface area contributed by atoms with Gasteiger partial charge in [0.25, 0.3) is 5.56 Å². The Kier molecular flexibility index (Phi) is 7.84. The fourth-order valence-corrected chi connectivity index (χ4v) is 3.39. The van der Waals surface area contributed by atoms with E-state index in [0.717, 1.165) is 4.57 Å². The van der Waals surface area contributed by atoms with Gasteiger partial charge in [0, 0.05) is 0 Å². The van der Waals surface area contributed by atoms with Gasteiger partial charge in [-0.2, -0.15) is 4.39 Å². The number of hydrogen-bond donors (Lipinski definition) is 2. The van der Waals surface area contributed by atoms with Gasteiger partial charge in [-0.05, 0) is 30.7 Å². The van der Waals surface area contributed by atoms with Gasteiger partial charge in [-0.3, -0.25) is 23.7 Å². The highest BCUT2D eigenvalue weighted by molar-refractivity contribution is 5.93. The number of halogens is 3. The second-order valence-electron chi connectivity index (χ2n) is 7.48. The van der Waals surface area contributed by atoms with E-state index in [0.29, 0.717) is 17.6 Å². The van der Waals surface area contributed by atoms with E-state index in [-0.39, 0.29) is 11.8 Å². The summed E-state index contributed by atoms with van der Waals surface area (Å²) in [5, 5.41) is 11.7. The van der Waals surface area contributed by atoms with Crippen molar-refractivity contribution in [1.82, 2.24) is 14.9 Å². The zero-order chi connectivity index (χ0) is 25.7. The summed E-state index contributed by atoms with van der Waals surface area (Å²) in [5.74, 6) is -8.85. The number of rotatable bonds is 10. The molecular weight excluding hydrogens is 471 g/mol. The molecule has 0 aliphatic heterocycles. The van der Waals surface area contributed by atoms with Crippen molar-refractivity contribution in [2.24, 2.45) is 0 Å². The molecule has 0 saturated heterocycles. The number of aromatic nitrogens is 2. The Morgan fingerprint density at radius 1 is 1.11 bits per heavy atom. The van der Waals surface area contributed by atoms with Gasteiger partial charge in [0.15, 0.2) is 23.2 Å². The van der Waals surface area contributed by atoms with Crippen molar-refractivity contribution < 1.29 is 37.4 Å². The highest BCUT2D eigenvalue weighted by Crippen LogP contribution is 2.23. The largest absolute Gasteiger partial charge is 0.481 e. The monoisotopic (exact) mass is 491 g/mol. The summed E-state index contributed by atoms with van der Waals surface area (Å²) >= 11 is 0. The van der Waals surface area contributed by atoms with Crippen molar-refractivity contribution >= 4 is 28.6 Å². The fraction of sp³-hybridized carbons (Fsp3) is 0.261. The number of ketones is 1. The van der Waals surface area contributed by atoms with Crippen LogP contribution in [-0.2, 0) is 14.4 Å². The van der Waals surface area contributed by atoms with Gasteiger partial charge in [0.1, 0.15) is 18.7 Å². The Balaban J connectivity index is 1.81. The van der Waals surface area contributed by atoms with E-state index in [1.165, 1.54) is 12.4 Å². The zero-order valence-electron chi connectivity index (χ0n) is 18.3. The number of hydrogen-bond acceptors (Lipinski definition) is 6. The van der Waals surface area contributed by atoms with Crippen LogP contribution in [0.25, 0.3) is 10.9 Å². The summed E-state index contributed by atoms with van der Waals surface area (Å²) in [6.45, 7) is 0.544. The van der Waals surface area contributed by atoms with Crippen molar-refractivity contribution in [2.75, 3.05) is 6.61 Å². The molecule has 1 unspecified atom stereocenters. The first-order valence-electron chi connectivity index (χ1n) is 10.4. The molecule has 0 fully saturated rings. The molecular formula is C23H20F3N3O6. The van der Waals surface area contributed by atoms with Gasteiger partial charge in [0.2, 0.25) is 11.7 Å². The van der Waals surface area contributed by atoms with Crippen LogP contribution in [0.1, 0.15) is 25.8 Å². The molecule has 9 nitrogen and oxygen atoms in total. The first-order valence-corrected chi connectivity index (χ1v) is 10.4. The summed E-state index contributed by atoms with van der Waals surface area (Å²) in [6.07, 6.45) is 0.393. The van der Waals surface area contributed by atoms with Crippen LogP contribution in [0.4, 0.5) is 13.2 Å². The van der Waals surface area contributed by atoms with E-state index < -0.39 is 71.5 Å². The van der Waals surface area contributed by atoms with E-state index >= 15 is 0 Å². The van der Waals surface area contributed by atoms with Crippen LogP contribution in [0.15, 0.2) is 47.5 Å². The molecule has 1 aromatic heterocycles. The molecule has 0 saturated carbocycles. The molecule has 0 radical (unpaired) electrons. The number of benzene rings is 2. The minimum absolute atomic E-state index is 0.0932. The SMILES string of the molecule is CCC(C(=O)N[C@@H](CC(=O)O)C(=O)COc1c(F)ccc(F)c1F)n1cnc2ccccc2c1=O. The molecule has 3 rings (SSSR count). The van der Waals surface area contributed by atoms with E-state index in [9.17, 15) is 32.3 Å². The maximum absolute atomic E-state index is 13.8.